The van der Waals surface area contributed by atoms with Crippen molar-refractivity contribution in [3.8, 4) is 5.82 Å². The van der Waals surface area contributed by atoms with Crippen LogP contribution in [0.2, 0.25) is 10.2 Å². The molecule has 29 heavy (non-hydrogen) atoms. The van der Waals surface area contributed by atoms with Gasteiger partial charge in [-0.2, -0.15) is 18.2 Å². The van der Waals surface area contributed by atoms with Crippen LogP contribution in [0.3, 0.4) is 0 Å². The van der Waals surface area contributed by atoms with Crippen molar-refractivity contribution in [3.63, 3.8) is 0 Å². The average molecular weight is 438 g/mol. The van der Waals surface area contributed by atoms with E-state index in [4.69, 9.17) is 23.2 Å². The molecular weight excluding hydrogens is 426 g/mol. The van der Waals surface area contributed by atoms with Crippen LogP contribution >= 0.6 is 23.2 Å². The molecule has 0 unspecified atom stereocenters. The lowest BCUT2D eigenvalue weighted by Gasteiger charge is -2.11. The van der Waals surface area contributed by atoms with Gasteiger partial charge in [0.1, 0.15) is 16.8 Å². The minimum absolute atomic E-state index is 0.135. The third-order valence-corrected chi connectivity index (χ3v) is 4.59. The van der Waals surface area contributed by atoms with Crippen molar-refractivity contribution >= 4 is 45.9 Å². The molecule has 0 saturated heterocycles. The lowest BCUT2D eigenvalue weighted by Crippen LogP contribution is -2.06. The molecule has 2 aromatic heterocycles. The molecule has 0 aliphatic heterocycles. The van der Waals surface area contributed by atoms with E-state index in [2.05, 4.69) is 20.3 Å². The lowest BCUT2D eigenvalue weighted by atomic mass is 10.2. The third kappa shape index (κ3) is 3.99. The third-order valence-electron chi connectivity index (χ3n) is 4.16. The summed E-state index contributed by atoms with van der Waals surface area (Å²) in [5.74, 6) is 1.25. The molecule has 0 bridgehead atoms. The number of hydrogen-bond donors (Lipinski definition) is 1. The van der Waals surface area contributed by atoms with Gasteiger partial charge in [0.05, 0.1) is 16.6 Å². The van der Waals surface area contributed by atoms with Crippen LogP contribution in [-0.2, 0) is 6.18 Å². The second kappa shape index (κ2) is 7.20. The summed E-state index contributed by atoms with van der Waals surface area (Å²) in [6, 6.07) is 11.4. The Labute approximate surface area is 173 Å². The van der Waals surface area contributed by atoms with Gasteiger partial charge in [-0.15, -0.1) is 0 Å². The van der Waals surface area contributed by atoms with Crippen molar-refractivity contribution in [2.24, 2.45) is 0 Å². The highest BCUT2D eigenvalue weighted by Gasteiger charge is 2.30. The van der Waals surface area contributed by atoms with Crippen LogP contribution in [-0.4, -0.2) is 19.5 Å². The van der Waals surface area contributed by atoms with Gasteiger partial charge in [0.2, 0.25) is 5.95 Å². The van der Waals surface area contributed by atoms with Crippen LogP contribution in [0.4, 0.5) is 24.8 Å². The Hall–Kier alpha value is -2.84. The Morgan fingerprint density at radius 1 is 0.931 bits per heavy atom. The van der Waals surface area contributed by atoms with Crippen molar-refractivity contribution in [2.45, 2.75) is 13.1 Å². The molecule has 1 N–H and O–H groups in total. The molecule has 5 nitrogen and oxygen atoms in total. The summed E-state index contributed by atoms with van der Waals surface area (Å²) in [5, 5.41) is 3.57. The standard InChI is InChI=1S/C19H12Cl2F3N5/c1-10-25-14-7-4-12(20)8-15(14)29(10)17-9-16(21)27-18(28-17)26-13-5-2-11(3-6-13)19(22,23)24/h2-9H,1H3,(H,26,27,28). The normalized spacial score (nSPS) is 11.8. The molecule has 0 saturated carbocycles. The molecule has 0 aliphatic carbocycles. The van der Waals surface area contributed by atoms with E-state index in [0.29, 0.717) is 22.4 Å². The molecule has 0 amide bonds. The summed E-state index contributed by atoms with van der Waals surface area (Å²) in [6.45, 7) is 1.81. The van der Waals surface area contributed by atoms with E-state index in [-0.39, 0.29) is 11.1 Å². The van der Waals surface area contributed by atoms with E-state index >= 15 is 0 Å². The SMILES string of the molecule is Cc1nc2ccc(Cl)cc2n1-c1cc(Cl)nc(Nc2ccc(C(F)(F)F)cc2)n1. The topological polar surface area (TPSA) is 55.6 Å². The Kier molecular flexibility index (Phi) is 4.84. The van der Waals surface area contributed by atoms with Gasteiger partial charge in [0.25, 0.3) is 0 Å². The number of rotatable bonds is 3. The Balaban J connectivity index is 1.72. The van der Waals surface area contributed by atoms with Crippen molar-refractivity contribution in [1.82, 2.24) is 19.5 Å². The predicted octanol–water partition coefficient (Wildman–Crippen LogP) is 6.19. The second-order valence-electron chi connectivity index (χ2n) is 6.20. The van der Waals surface area contributed by atoms with E-state index in [1.54, 1.807) is 28.8 Å². The number of nitrogens with zero attached hydrogens (tertiary/aromatic N) is 4. The van der Waals surface area contributed by atoms with E-state index in [9.17, 15) is 13.2 Å². The second-order valence-corrected chi connectivity index (χ2v) is 7.02. The Morgan fingerprint density at radius 2 is 1.66 bits per heavy atom. The molecule has 2 heterocycles. The first-order chi connectivity index (χ1) is 13.7. The number of alkyl halides is 3. The van der Waals surface area contributed by atoms with E-state index in [1.807, 2.05) is 6.92 Å². The maximum absolute atomic E-state index is 12.7. The first kappa shape index (κ1) is 19.5. The molecule has 148 valence electrons. The molecule has 0 fully saturated rings. The summed E-state index contributed by atoms with van der Waals surface area (Å²) in [5.41, 5.74) is 1.12. The highest BCUT2D eigenvalue weighted by molar-refractivity contribution is 6.31. The molecule has 0 atom stereocenters. The Bertz CT molecular complexity index is 1200. The lowest BCUT2D eigenvalue weighted by molar-refractivity contribution is -0.137. The first-order valence-electron chi connectivity index (χ1n) is 8.34. The number of imidazole rings is 1. The largest absolute Gasteiger partial charge is 0.416 e. The van der Waals surface area contributed by atoms with Crippen molar-refractivity contribution in [1.29, 1.82) is 0 Å². The summed E-state index contributed by atoms with van der Waals surface area (Å²) in [4.78, 5) is 13.0. The van der Waals surface area contributed by atoms with Crippen molar-refractivity contribution in [2.75, 3.05) is 5.32 Å². The van der Waals surface area contributed by atoms with Gasteiger partial charge in [-0.3, -0.25) is 4.57 Å². The molecular formula is C19H12Cl2F3N5. The number of halogens is 5. The van der Waals surface area contributed by atoms with Crippen LogP contribution in [0, 0.1) is 6.92 Å². The Morgan fingerprint density at radius 3 is 2.34 bits per heavy atom. The van der Waals surface area contributed by atoms with Crippen LogP contribution in [0.15, 0.2) is 48.5 Å². The van der Waals surface area contributed by atoms with Gasteiger partial charge in [-0.1, -0.05) is 23.2 Å². The van der Waals surface area contributed by atoms with Gasteiger partial charge in [0, 0.05) is 16.8 Å². The van der Waals surface area contributed by atoms with E-state index in [1.165, 1.54) is 12.1 Å². The molecule has 4 rings (SSSR count). The van der Waals surface area contributed by atoms with Gasteiger partial charge in [0.15, 0.2) is 0 Å². The number of benzene rings is 2. The van der Waals surface area contributed by atoms with Crippen LogP contribution in [0.25, 0.3) is 16.9 Å². The van der Waals surface area contributed by atoms with Crippen molar-refractivity contribution in [3.05, 3.63) is 70.1 Å². The maximum Gasteiger partial charge on any atom is 0.416 e. The number of hydrogen-bond acceptors (Lipinski definition) is 4. The summed E-state index contributed by atoms with van der Waals surface area (Å²) in [7, 11) is 0. The minimum atomic E-state index is -4.40. The fraction of sp³-hybridized carbons (Fsp3) is 0.105. The molecule has 0 radical (unpaired) electrons. The predicted molar refractivity (Wildman–Crippen MR) is 106 cm³/mol. The molecule has 10 heteroatoms. The number of fused-ring (bicyclic) bond motifs is 1. The number of aromatic nitrogens is 4. The minimum Gasteiger partial charge on any atom is -0.324 e. The zero-order valence-electron chi connectivity index (χ0n) is 14.8. The number of anilines is 2. The number of aryl methyl sites for hydroxylation is 1. The van der Waals surface area contributed by atoms with Crippen LogP contribution in [0.5, 0.6) is 0 Å². The zero-order chi connectivity index (χ0) is 20.8. The molecule has 0 aliphatic rings. The first-order valence-corrected chi connectivity index (χ1v) is 9.10. The fourth-order valence-electron chi connectivity index (χ4n) is 2.91. The van der Waals surface area contributed by atoms with E-state index in [0.717, 1.165) is 23.2 Å². The smallest absolute Gasteiger partial charge is 0.324 e. The van der Waals surface area contributed by atoms with Gasteiger partial charge in [-0.25, -0.2) is 9.97 Å². The summed E-state index contributed by atoms with van der Waals surface area (Å²) in [6.07, 6.45) is -4.40. The van der Waals surface area contributed by atoms with Crippen LogP contribution in [0.1, 0.15) is 11.4 Å². The highest BCUT2D eigenvalue weighted by Crippen LogP contribution is 2.30. The zero-order valence-corrected chi connectivity index (χ0v) is 16.3. The average Bonchev–Trinajstić information content (AvgIpc) is 2.96. The van der Waals surface area contributed by atoms with Gasteiger partial charge >= 0.3 is 6.18 Å². The summed E-state index contributed by atoms with van der Waals surface area (Å²) >= 11 is 12.3. The monoisotopic (exact) mass is 437 g/mol. The molecule has 4 aromatic rings. The number of nitrogens with one attached hydrogen (secondary N) is 1. The summed E-state index contributed by atoms with van der Waals surface area (Å²) < 4.78 is 39.9. The quantitative estimate of drug-likeness (QED) is 0.388. The molecule has 0 spiro atoms. The molecule has 2 aromatic carbocycles. The fourth-order valence-corrected chi connectivity index (χ4v) is 3.25. The van der Waals surface area contributed by atoms with Gasteiger partial charge in [-0.05, 0) is 49.4 Å². The maximum atomic E-state index is 12.7. The van der Waals surface area contributed by atoms with E-state index < -0.39 is 11.7 Å². The van der Waals surface area contributed by atoms with Gasteiger partial charge < -0.3 is 5.32 Å². The van der Waals surface area contributed by atoms with Crippen molar-refractivity contribution < 1.29 is 13.2 Å². The van der Waals surface area contributed by atoms with Crippen LogP contribution < -0.4 is 5.32 Å². The highest BCUT2D eigenvalue weighted by atomic mass is 35.5.